The summed E-state index contributed by atoms with van der Waals surface area (Å²) in [5.41, 5.74) is 0.531. The maximum atomic E-state index is 12.1. The van der Waals surface area contributed by atoms with Crippen molar-refractivity contribution >= 4 is 17.7 Å². The van der Waals surface area contributed by atoms with E-state index in [-0.39, 0.29) is 5.91 Å². The summed E-state index contributed by atoms with van der Waals surface area (Å²) < 4.78 is 0. The van der Waals surface area contributed by atoms with E-state index in [1.807, 2.05) is 25.1 Å². The lowest BCUT2D eigenvalue weighted by atomic mass is 9.95. The van der Waals surface area contributed by atoms with Gasteiger partial charge in [0.2, 0.25) is 5.91 Å². The molecule has 1 aromatic rings. The molecule has 1 aromatic carbocycles. The summed E-state index contributed by atoms with van der Waals surface area (Å²) in [4.78, 5) is 13.9. The molecule has 4 heteroatoms. The Labute approximate surface area is 119 Å². The highest BCUT2D eigenvalue weighted by Crippen LogP contribution is 2.21. The maximum Gasteiger partial charge on any atom is 0.232 e. The van der Waals surface area contributed by atoms with Crippen molar-refractivity contribution in [3.05, 3.63) is 35.9 Å². The lowest BCUT2D eigenvalue weighted by Crippen LogP contribution is -2.49. The van der Waals surface area contributed by atoms with Crippen molar-refractivity contribution in [3.63, 3.8) is 0 Å². The van der Waals surface area contributed by atoms with Crippen molar-refractivity contribution in [2.24, 2.45) is 0 Å². The van der Waals surface area contributed by atoms with E-state index in [1.165, 1.54) is 5.56 Å². The SMILES string of the molecule is CC1(O)CCCN(C(=O)CSCc2ccccc2)C1. The molecular weight excluding hydrogens is 258 g/mol. The van der Waals surface area contributed by atoms with Crippen molar-refractivity contribution in [3.8, 4) is 0 Å². The van der Waals surface area contributed by atoms with Gasteiger partial charge in [-0.1, -0.05) is 30.3 Å². The Balaban J connectivity index is 1.75. The highest BCUT2D eigenvalue weighted by Gasteiger charge is 2.30. The molecule has 19 heavy (non-hydrogen) atoms. The Morgan fingerprint density at radius 3 is 2.84 bits per heavy atom. The van der Waals surface area contributed by atoms with Crippen molar-refractivity contribution in [1.82, 2.24) is 4.90 Å². The minimum absolute atomic E-state index is 0.140. The number of thioether (sulfide) groups is 1. The molecule has 1 amide bonds. The topological polar surface area (TPSA) is 40.5 Å². The van der Waals surface area contributed by atoms with Gasteiger partial charge in [0.1, 0.15) is 0 Å². The molecule has 1 saturated heterocycles. The van der Waals surface area contributed by atoms with E-state index in [9.17, 15) is 9.90 Å². The van der Waals surface area contributed by atoms with Gasteiger partial charge in [-0.2, -0.15) is 0 Å². The number of carbonyl (C=O) groups excluding carboxylic acids is 1. The predicted molar refractivity (Wildman–Crippen MR) is 79.0 cm³/mol. The second-order valence-electron chi connectivity index (χ2n) is 5.39. The highest BCUT2D eigenvalue weighted by atomic mass is 32.2. The van der Waals surface area contributed by atoms with E-state index in [1.54, 1.807) is 16.7 Å². The van der Waals surface area contributed by atoms with Crippen LogP contribution >= 0.6 is 11.8 Å². The van der Waals surface area contributed by atoms with Crippen LogP contribution in [0.25, 0.3) is 0 Å². The number of rotatable bonds is 4. The standard InChI is InChI=1S/C15H21NO2S/c1-15(18)8-5-9-16(12-15)14(17)11-19-10-13-6-3-2-4-7-13/h2-4,6-7,18H,5,8-12H2,1H3. The van der Waals surface area contributed by atoms with Crippen LogP contribution < -0.4 is 0 Å². The summed E-state index contributed by atoms with van der Waals surface area (Å²) in [6.07, 6.45) is 1.68. The van der Waals surface area contributed by atoms with E-state index < -0.39 is 5.60 Å². The first kappa shape index (κ1) is 14.4. The molecule has 0 bridgehead atoms. The Morgan fingerprint density at radius 1 is 1.42 bits per heavy atom. The zero-order valence-electron chi connectivity index (χ0n) is 11.3. The van der Waals surface area contributed by atoms with Crippen molar-refractivity contribution in [2.45, 2.75) is 31.1 Å². The number of carbonyl (C=O) groups is 1. The first-order chi connectivity index (χ1) is 9.07. The van der Waals surface area contributed by atoms with Gasteiger partial charge in [-0.05, 0) is 25.3 Å². The van der Waals surface area contributed by atoms with Gasteiger partial charge < -0.3 is 10.0 Å². The lowest BCUT2D eigenvalue weighted by molar-refractivity contribution is -0.134. The molecule has 104 valence electrons. The fourth-order valence-electron chi connectivity index (χ4n) is 2.35. The van der Waals surface area contributed by atoms with Gasteiger partial charge in [0.05, 0.1) is 11.4 Å². The quantitative estimate of drug-likeness (QED) is 0.919. The molecule has 2 rings (SSSR count). The van der Waals surface area contributed by atoms with Crippen molar-refractivity contribution < 1.29 is 9.90 Å². The molecule has 1 atom stereocenters. The van der Waals surface area contributed by atoms with Crippen LogP contribution in [0.2, 0.25) is 0 Å². The number of aliphatic hydroxyl groups is 1. The maximum absolute atomic E-state index is 12.1. The number of amides is 1. The smallest absolute Gasteiger partial charge is 0.232 e. The van der Waals surface area contributed by atoms with Gasteiger partial charge in [-0.25, -0.2) is 0 Å². The summed E-state index contributed by atoms with van der Waals surface area (Å²) >= 11 is 1.64. The normalized spacial score (nSPS) is 23.4. The van der Waals surface area contributed by atoms with E-state index in [4.69, 9.17) is 0 Å². The second kappa shape index (κ2) is 6.44. The van der Waals surface area contributed by atoms with E-state index >= 15 is 0 Å². The average molecular weight is 279 g/mol. The molecule has 1 aliphatic rings. The largest absolute Gasteiger partial charge is 0.388 e. The highest BCUT2D eigenvalue weighted by molar-refractivity contribution is 7.99. The number of hydrogen-bond donors (Lipinski definition) is 1. The predicted octanol–water partition coefficient (Wildman–Crippen LogP) is 2.29. The Morgan fingerprint density at radius 2 is 2.16 bits per heavy atom. The summed E-state index contributed by atoms with van der Waals surface area (Å²) in [5.74, 6) is 1.49. The van der Waals surface area contributed by atoms with Crippen LogP contribution in [0.3, 0.4) is 0 Å². The van der Waals surface area contributed by atoms with Gasteiger partial charge in [-0.3, -0.25) is 4.79 Å². The van der Waals surface area contributed by atoms with Crippen LogP contribution in [0, 0.1) is 0 Å². The molecule has 1 heterocycles. The van der Waals surface area contributed by atoms with Gasteiger partial charge in [-0.15, -0.1) is 11.8 Å². The molecule has 0 saturated carbocycles. The fourth-order valence-corrected chi connectivity index (χ4v) is 3.24. The first-order valence-electron chi connectivity index (χ1n) is 6.69. The number of likely N-dealkylation sites (tertiary alicyclic amines) is 1. The minimum Gasteiger partial charge on any atom is -0.388 e. The summed E-state index contributed by atoms with van der Waals surface area (Å²) in [6, 6.07) is 10.2. The van der Waals surface area contributed by atoms with Crippen molar-refractivity contribution in [2.75, 3.05) is 18.8 Å². The molecule has 0 spiro atoms. The van der Waals surface area contributed by atoms with Crippen LogP contribution in [0.15, 0.2) is 30.3 Å². The molecule has 1 fully saturated rings. The monoisotopic (exact) mass is 279 g/mol. The van der Waals surface area contributed by atoms with Gasteiger partial charge in [0, 0.05) is 18.8 Å². The summed E-state index contributed by atoms with van der Waals surface area (Å²) in [5, 5.41) is 10.00. The summed E-state index contributed by atoms with van der Waals surface area (Å²) in [6.45, 7) is 3.06. The second-order valence-corrected chi connectivity index (χ2v) is 6.38. The number of piperidine rings is 1. The van der Waals surface area contributed by atoms with Crippen LogP contribution in [-0.4, -0.2) is 40.4 Å². The molecule has 1 N–H and O–H groups in total. The molecule has 0 radical (unpaired) electrons. The molecular formula is C15H21NO2S. The lowest BCUT2D eigenvalue weighted by Gasteiger charge is -2.36. The average Bonchev–Trinajstić information content (AvgIpc) is 2.38. The van der Waals surface area contributed by atoms with Gasteiger partial charge in [0.15, 0.2) is 0 Å². The number of hydrogen-bond acceptors (Lipinski definition) is 3. The third kappa shape index (κ3) is 4.55. The van der Waals surface area contributed by atoms with Crippen LogP contribution in [-0.2, 0) is 10.5 Å². The van der Waals surface area contributed by atoms with Crippen LogP contribution in [0.4, 0.5) is 0 Å². The Bertz CT molecular complexity index is 419. The third-order valence-corrected chi connectivity index (χ3v) is 4.35. The van der Waals surface area contributed by atoms with E-state index in [0.29, 0.717) is 12.3 Å². The van der Waals surface area contributed by atoms with E-state index in [2.05, 4.69) is 12.1 Å². The summed E-state index contributed by atoms with van der Waals surface area (Å²) in [7, 11) is 0. The number of benzene rings is 1. The third-order valence-electron chi connectivity index (χ3n) is 3.36. The number of nitrogens with zero attached hydrogens (tertiary/aromatic N) is 1. The zero-order valence-corrected chi connectivity index (χ0v) is 12.2. The first-order valence-corrected chi connectivity index (χ1v) is 7.84. The molecule has 0 aliphatic carbocycles. The van der Waals surface area contributed by atoms with Crippen LogP contribution in [0.1, 0.15) is 25.3 Å². The minimum atomic E-state index is -0.710. The van der Waals surface area contributed by atoms with Gasteiger partial charge >= 0.3 is 0 Å². The zero-order chi connectivity index (χ0) is 13.7. The van der Waals surface area contributed by atoms with Crippen LogP contribution in [0.5, 0.6) is 0 Å². The molecule has 0 aromatic heterocycles. The van der Waals surface area contributed by atoms with Crippen molar-refractivity contribution in [1.29, 1.82) is 0 Å². The molecule has 1 aliphatic heterocycles. The van der Waals surface area contributed by atoms with E-state index in [0.717, 1.165) is 25.1 Å². The fraction of sp³-hybridized carbons (Fsp3) is 0.533. The molecule has 3 nitrogen and oxygen atoms in total. The Kier molecular flexibility index (Phi) is 4.88. The Hall–Kier alpha value is -1.00. The molecule has 1 unspecified atom stereocenters. The number of β-amino-alcohol motifs (C(OH)–C–C–N with tert-alkyl or cyclic N) is 1. The van der Waals surface area contributed by atoms with Gasteiger partial charge in [0.25, 0.3) is 0 Å².